The number of nitrogens with two attached hydrogens (primary N) is 1. The van der Waals surface area contributed by atoms with Gasteiger partial charge in [-0.3, -0.25) is 9.59 Å². The molecule has 4 unspecified atom stereocenters. The van der Waals surface area contributed by atoms with E-state index in [0.717, 1.165) is 79.0 Å². The van der Waals surface area contributed by atoms with Crippen molar-refractivity contribution in [2.24, 2.45) is 17.6 Å². The number of carbonyl (C=O) groups excluding carboxylic acids is 2. The van der Waals surface area contributed by atoms with Crippen molar-refractivity contribution in [1.82, 2.24) is 20.1 Å². The third-order valence-corrected chi connectivity index (χ3v) is 9.27. The number of pyridine rings is 1. The Bertz CT molecular complexity index is 1400. The summed E-state index contributed by atoms with van der Waals surface area (Å²) in [4.78, 5) is 37.9. The van der Waals surface area contributed by atoms with Crippen molar-refractivity contribution in [3.8, 4) is 11.3 Å². The van der Waals surface area contributed by atoms with Gasteiger partial charge in [-0.15, -0.1) is 0 Å². The van der Waals surface area contributed by atoms with E-state index in [2.05, 4.69) is 83.1 Å². The van der Waals surface area contributed by atoms with Gasteiger partial charge >= 0.3 is 0 Å². The molecule has 4 rings (SSSR count). The molecule has 0 aliphatic carbocycles. The van der Waals surface area contributed by atoms with Crippen LogP contribution >= 0.6 is 0 Å². The summed E-state index contributed by atoms with van der Waals surface area (Å²) in [6.45, 7) is 12.7. The molecule has 0 saturated carbocycles. The molecule has 0 radical (unpaired) electrons. The topological polar surface area (TPSA) is 107 Å². The molecule has 4 atom stereocenters. The molecule has 0 bridgehead atoms. The zero-order valence-corrected chi connectivity index (χ0v) is 28.1. The second-order valence-corrected chi connectivity index (χ2v) is 12.8. The zero-order chi connectivity index (χ0) is 32.5. The second-order valence-electron chi connectivity index (χ2n) is 12.8. The lowest BCUT2D eigenvalue weighted by atomic mass is 9.95. The number of nitrogens with zero attached hydrogens (tertiary/aromatic N) is 4. The van der Waals surface area contributed by atoms with Crippen molar-refractivity contribution in [3.63, 3.8) is 0 Å². The Hall–Kier alpha value is -3.69. The van der Waals surface area contributed by atoms with E-state index >= 15 is 0 Å². The minimum absolute atomic E-state index is 0.0162. The summed E-state index contributed by atoms with van der Waals surface area (Å²) in [5.74, 6) is -0.178. The Morgan fingerprint density at radius 2 is 1.62 bits per heavy atom. The van der Waals surface area contributed by atoms with Crippen LogP contribution in [0.5, 0.6) is 0 Å². The molecule has 4 N–H and O–H groups in total. The molecule has 2 amide bonds. The van der Waals surface area contributed by atoms with Gasteiger partial charge in [0.05, 0.1) is 17.3 Å². The predicted molar refractivity (Wildman–Crippen MR) is 186 cm³/mol. The summed E-state index contributed by atoms with van der Waals surface area (Å²) in [6.07, 6.45) is 2.67. The van der Waals surface area contributed by atoms with Gasteiger partial charge in [0.1, 0.15) is 6.04 Å². The fourth-order valence-corrected chi connectivity index (χ4v) is 5.76. The molecule has 1 aliphatic rings. The van der Waals surface area contributed by atoms with Gasteiger partial charge in [-0.2, -0.15) is 0 Å². The average Bonchev–Trinajstić information content (AvgIpc) is 3.07. The molecule has 1 aromatic heterocycles. The Labute approximate surface area is 269 Å². The molecule has 1 aliphatic heterocycles. The fourth-order valence-electron chi connectivity index (χ4n) is 5.76. The summed E-state index contributed by atoms with van der Waals surface area (Å²) in [5.41, 5.74) is 11.4. The number of piperazine rings is 1. The van der Waals surface area contributed by atoms with Crippen molar-refractivity contribution in [2.45, 2.75) is 59.0 Å². The van der Waals surface area contributed by atoms with Gasteiger partial charge in [0, 0.05) is 55.0 Å². The van der Waals surface area contributed by atoms with Crippen LogP contribution in [0.4, 0.5) is 11.4 Å². The van der Waals surface area contributed by atoms with E-state index in [1.807, 2.05) is 38.7 Å². The maximum absolute atomic E-state index is 13.6. The van der Waals surface area contributed by atoms with Crippen LogP contribution in [-0.2, 0) is 9.59 Å². The van der Waals surface area contributed by atoms with E-state index in [9.17, 15) is 9.59 Å². The first kappa shape index (κ1) is 34.2. The summed E-state index contributed by atoms with van der Waals surface area (Å²) in [6, 6.07) is 17.8. The summed E-state index contributed by atoms with van der Waals surface area (Å²) < 4.78 is 0. The first-order chi connectivity index (χ1) is 21.6. The van der Waals surface area contributed by atoms with Crippen LogP contribution in [0.25, 0.3) is 22.2 Å². The lowest BCUT2D eigenvalue weighted by molar-refractivity contribution is -0.138. The first-order valence-corrected chi connectivity index (χ1v) is 16.6. The molecule has 9 nitrogen and oxygen atoms in total. The average molecular weight is 616 g/mol. The highest BCUT2D eigenvalue weighted by Gasteiger charge is 2.33. The van der Waals surface area contributed by atoms with E-state index in [-0.39, 0.29) is 23.7 Å². The SMILES string of the molecule is CCC(C)C(N)C(=O)NC(C(=O)N1CCN(c2ccc(-c3cc(NCCCN(C)C)c4ccccc4n3)cc2)CC1)C(C)CC. The van der Waals surface area contributed by atoms with Gasteiger partial charge in [-0.1, -0.05) is 70.9 Å². The first-order valence-electron chi connectivity index (χ1n) is 16.6. The van der Waals surface area contributed by atoms with Gasteiger partial charge in [-0.25, -0.2) is 4.98 Å². The molecule has 45 heavy (non-hydrogen) atoms. The summed E-state index contributed by atoms with van der Waals surface area (Å²) in [5, 5.41) is 7.76. The third-order valence-electron chi connectivity index (χ3n) is 9.27. The number of rotatable bonds is 14. The fraction of sp³-hybridized carbons (Fsp3) is 0.528. The molecule has 2 heterocycles. The van der Waals surface area contributed by atoms with E-state index in [1.165, 1.54) is 0 Å². The number of nitrogens with one attached hydrogen (secondary N) is 2. The van der Waals surface area contributed by atoms with Crippen LogP contribution in [0.2, 0.25) is 0 Å². The molecule has 244 valence electrons. The van der Waals surface area contributed by atoms with Crippen LogP contribution in [0, 0.1) is 11.8 Å². The van der Waals surface area contributed by atoms with Crippen LogP contribution in [0.15, 0.2) is 54.6 Å². The largest absolute Gasteiger partial charge is 0.384 e. The lowest BCUT2D eigenvalue weighted by Gasteiger charge is -2.39. The lowest BCUT2D eigenvalue weighted by Crippen LogP contribution is -2.59. The van der Waals surface area contributed by atoms with Crippen LogP contribution < -0.4 is 21.3 Å². The van der Waals surface area contributed by atoms with Crippen LogP contribution in [0.3, 0.4) is 0 Å². The minimum Gasteiger partial charge on any atom is -0.384 e. The number of anilines is 2. The molecule has 1 fully saturated rings. The monoisotopic (exact) mass is 615 g/mol. The number of amides is 2. The maximum atomic E-state index is 13.6. The second kappa shape index (κ2) is 16.0. The number of benzene rings is 2. The van der Waals surface area contributed by atoms with Gasteiger partial charge in [0.15, 0.2) is 0 Å². The normalized spacial score (nSPS) is 16.4. The third kappa shape index (κ3) is 8.73. The quantitative estimate of drug-likeness (QED) is 0.223. The van der Waals surface area contributed by atoms with Gasteiger partial charge in [-0.05, 0) is 63.2 Å². The number of aromatic nitrogens is 1. The molecular formula is C36H53N7O2. The van der Waals surface area contributed by atoms with Crippen LogP contribution in [0.1, 0.15) is 47.0 Å². The minimum atomic E-state index is -0.616. The maximum Gasteiger partial charge on any atom is 0.245 e. The predicted octanol–water partition coefficient (Wildman–Crippen LogP) is 4.82. The summed E-state index contributed by atoms with van der Waals surface area (Å²) >= 11 is 0. The van der Waals surface area contributed by atoms with E-state index in [4.69, 9.17) is 10.7 Å². The smallest absolute Gasteiger partial charge is 0.245 e. The zero-order valence-electron chi connectivity index (χ0n) is 28.1. The van der Waals surface area contributed by atoms with Gasteiger partial charge in [0.25, 0.3) is 0 Å². The number of carbonyl (C=O) groups is 2. The Balaban J connectivity index is 1.41. The Kier molecular flexibility index (Phi) is 12.2. The number of hydrogen-bond acceptors (Lipinski definition) is 7. The Morgan fingerprint density at radius 3 is 2.27 bits per heavy atom. The standard InChI is InChI=1S/C36H53N7O2/c1-7-25(3)33(37)35(44)40-34(26(4)8-2)36(45)43-22-20-42(21-23-43)28-16-14-27(15-17-28)31-24-32(38-18-11-19-41(5)6)29-12-9-10-13-30(29)39-31/h9-10,12-17,24-26,33-34H,7-8,11,18-23,37H2,1-6H3,(H,38,39)(H,40,44). The molecule has 1 saturated heterocycles. The van der Waals surface area contributed by atoms with Gasteiger partial charge < -0.3 is 31.1 Å². The highest BCUT2D eigenvalue weighted by Crippen LogP contribution is 2.30. The molecule has 2 aromatic carbocycles. The van der Waals surface area contributed by atoms with Crippen molar-refractivity contribution in [2.75, 3.05) is 63.6 Å². The highest BCUT2D eigenvalue weighted by atomic mass is 16.2. The molecule has 9 heteroatoms. The number of hydrogen-bond donors (Lipinski definition) is 3. The van der Waals surface area contributed by atoms with Gasteiger partial charge in [0.2, 0.25) is 11.8 Å². The van der Waals surface area contributed by atoms with Crippen molar-refractivity contribution < 1.29 is 9.59 Å². The van der Waals surface area contributed by atoms with Crippen LogP contribution in [-0.4, -0.2) is 92.0 Å². The van der Waals surface area contributed by atoms with E-state index in [1.54, 1.807) is 0 Å². The summed E-state index contributed by atoms with van der Waals surface area (Å²) in [7, 11) is 4.20. The highest BCUT2D eigenvalue weighted by molar-refractivity contribution is 5.94. The van der Waals surface area contributed by atoms with E-state index < -0.39 is 12.1 Å². The number of para-hydroxylation sites is 1. The van der Waals surface area contributed by atoms with E-state index in [0.29, 0.717) is 13.1 Å². The Morgan fingerprint density at radius 1 is 0.956 bits per heavy atom. The molecule has 3 aromatic rings. The number of fused-ring (bicyclic) bond motifs is 1. The van der Waals surface area contributed by atoms with Crippen molar-refractivity contribution >= 4 is 34.1 Å². The molecular weight excluding hydrogens is 562 g/mol. The van der Waals surface area contributed by atoms with Crippen molar-refractivity contribution in [1.29, 1.82) is 0 Å². The molecule has 0 spiro atoms. The van der Waals surface area contributed by atoms with Crippen molar-refractivity contribution in [3.05, 3.63) is 54.6 Å².